The van der Waals surface area contributed by atoms with Crippen molar-refractivity contribution in [1.82, 2.24) is 5.32 Å². The normalized spacial score (nSPS) is 23.5. The van der Waals surface area contributed by atoms with Crippen LogP contribution in [0.25, 0.3) is 0 Å². The molecule has 1 aromatic rings. The Hall–Kier alpha value is -0.670. The zero-order valence-electron chi connectivity index (χ0n) is 12.6. The Labute approximate surface area is 119 Å². The summed E-state index contributed by atoms with van der Waals surface area (Å²) in [5.41, 5.74) is 2.70. The first kappa shape index (κ1) is 14.7. The van der Waals surface area contributed by atoms with Crippen molar-refractivity contribution in [2.75, 3.05) is 5.75 Å². The summed E-state index contributed by atoms with van der Waals surface area (Å²) in [5.74, 6) is 0.770. The predicted molar refractivity (Wildman–Crippen MR) is 82.0 cm³/mol. The molecule has 2 nitrogen and oxygen atoms in total. The van der Waals surface area contributed by atoms with Crippen LogP contribution in [-0.4, -0.2) is 16.0 Å². The first-order chi connectivity index (χ1) is 8.79. The van der Waals surface area contributed by atoms with Crippen LogP contribution < -0.4 is 5.32 Å². The minimum atomic E-state index is -0.826. The standard InChI is InChI=1S/C16H25NOS/c1-11(2)17-14-8-9-19(18)15-7-6-12(10-13(14)15)16(3,4)5/h6-7,10-11,14,17H,8-9H2,1-5H3. The molecule has 0 fully saturated rings. The van der Waals surface area contributed by atoms with E-state index in [4.69, 9.17) is 0 Å². The van der Waals surface area contributed by atoms with Gasteiger partial charge >= 0.3 is 0 Å². The van der Waals surface area contributed by atoms with Crippen LogP contribution in [0.4, 0.5) is 0 Å². The highest BCUT2D eigenvalue weighted by atomic mass is 32.2. The number of hydrogen-bond acceptors (Lipinski definition) is 2. The van der Waals surface area contributed by atoms with Crippen LogP contribution in [0.2, 0.25) is 0 Å². The minimum absolute atomic E-state index is 0.135. The molecule has 2 rings (SSSR count). The van der Waals surface area contributed by atoms with Gasteiger partial charge < -0.3 is 5.32 Å². The minimum Gasteiger partial charge on any atom is -0.308 e. The Balaban J connectivity index is 2.44. The van der Waals surface area contributed by atoms with E-state index in [2.05, 4.69) is 58.1 Å². The van der Waals surface area contributed by atoms with Crippen LogP contribution in [0.3, 0.4) is 0 Å². The lowest BCUT2D eigenvalue weighted by Crippen LogP contribution is -2.32. The highest BCUT2D eigenvalue weighted by Gasteiger charge is 2.27. The SMILES string of the molecule is CC(C)NC1CCS(=O)c2ccc(C(C)(C)C)cc21. The highest BCUT2D eigenvalue weighted by Crippen LogP contribution is 2.34. The molecule has 3 heteroatoms. The summed E-state index contributed by atoms with van der Waals surface area (Å²) >= 11 is 0. The lowest BCUT2D eigenvalue weighted by Gasteiger charge is -2.30. The van der Waals surface area contributed by atoms with Gasteiger partial charge in [0.25, 0.3) is 0 Å². The summed E-state index contributed by atoms with van der Waals surface area (Å²) < 4.78 is 12.2. The van der Waals surface area contributed by atoms with Crippen molar-refractivity contribution >= 4 is 10.8 Å². The molecule has 1 aliphatic heterocycles. The molecule has 1 heterocycles. The van der Waals surface area contributed by atoms with Crippen molar-refractivity contribution in [3.8, 4) is 0 Å². The Morgan fingerprint density at radius 3 is 2.58 bits per heavy atom. The number of benzene rings is 1. The third-order valence-electron chi connectivity index (χ3n) is 3.62. The van der Waals surface area contributed by atoms with Gasteiger partial charge in [-0.05, 0) is 29.0 Å². The van der Waals surface area contributed by atoms with Gasteiger partial charge in [0, 0.05) is 22.7 Å². The lowest BCUT2D eigenvalue weighted by atomic mass is 9.85. The molecular formula is C16H25NOS. The summed E-state index contributed by atoms with van der Waals surface area (Å²) in [6, 6.07) is 7.25. The van der Waals surface area contributed by atoms with Crippen LogP contribution in [0, 0.1) is 0 Å². The highest BCUT2D eigenvalue weighted by molar-refractivity contribution is 7.85. The number of nitrogens with one attached hydrogen (secondary N) is 1. The van der Waals surface area contributed by atoms with Gasteiger partial charge in [0.2, 0.25) is 0 Å². The van der Waals surface area contributed by atoms with E-state index in [-0.39, 0.29) is 5.41 Å². The average molecular weight is 279 g/mol. The second-order valence-electron chi connectivity index (χ2n) is 6.71. The molecule has 0 radical (unpaired) electrons. The van der Waals surface area contributed by atoms with Gasteiger partial charge in [0.1, 0.15) is 0 Å². The van der Waals surface area contributed by atoms with E-state index in [1.54, 1.807) is 0 Å². The van der Waals surface area contributed by atoms with E-state index in [0.717, 1.165) is 17.1 Å². The molecule has 0 saturated carbocycles. The predicted octanol–water partition coefficient (Wildman–Crippen LogP) is 3.53. The molecule has 0 bridgehead atoms. The van der Waals surface area contributed by atoms with Crippen LogP contribution >= 0.6 is 0 Å². The molecule has 19 heavy (non-hydrogen) atoms. The van der Waals surface area contributed by atoms with E-state index in [1.807, 2.05) is 0 Å². The van der Waals surface area contributed by atoms with Gasteiger partial charge in [0.15, 0.2) is 0 Å². The molecule has 1 N–H and O–H groups in total. The molecule has 0 spiro atoms. The zero-order chi connectivity index (χ0) is 14.2. The van der Waals surface area contributed by atoms with Crippen LogP contribution in [0.1, 0.15) is 58.2 Å². The number of hydrogen-bond donors (Lipinski definition) is 1. The van der Waals surface area contributed by atoms with Crippen molar-refractivity contribution < 1.29 is 4.21 Å². The summed E-state index contributed by atoms with van der Waals surface area (Å²) in [6.45, 7) is 11.0. The maximum atomic E-state index is 12.2. The second kappa shape index (κ2) is 5.37. The largest absolute Gasteiger partial charge is 0.308 e. The van der Waals surface area contributed by atoms with E-state index in [1.165, 1.54) is 11.1 Å². The fraction of sp³-hybridized carbons (Fsp3) is 0.625. The van der Waals surface area contributed by atoms with Crippen molar-refractivity contribution in [2.45, 2.75) is 63.4 Å². The van der Waals surface area contributed by atoms with Crippen molar-refractivity contribution in [3.63, 3.8) is 0 Å². The van der Waals surface area contributed by atoms with Crippen molar-refractivity contribution in [2.24, 2.45) is 0 Å². The van der Waals surface area contributed by atoms with Crippen molar-refractivity contribution in [1.29, 1.82) is 0 Å². The quantitative estimate of drug-likeness (QED) is 0.897. The molecule has 1 aromatic carbocycles. The van der Waals surface area contributed by atoms with Crippen LogP contribution in [0.15, 0.2) is 23.1 Å². The molecule has 1 aliphatic rings. The van der Waals surface area contributed by atoms with E-state index < -0.39 is 10.8 Å². The monoisotopic (exact) mass is 279 g/mol. The molecule has 0 saturated heterocycles. The third-order valence-corrected chi connectivity index (χ3v) is 5.09. The maximum absolute atomic E-state index is 12.2. The van der Waals surface area contributed by atoms with Crippen molar-refractivity contribution in [3.05, 3.63) is 29.3 Å². The van der Waals surface area contributed by atoms with Gasteiger partial charge in [-0.3, -0.25) is 4.21 Å². The average Bonchev–Trinajstić information content (AvgIpc) is 2.31. The molecule has 0 amide bonds. The van der Waals surface area contributed by atoms with E-state index >= 15 is 0 Å². The van der Waals surface area contributed by atoms with E-state index in [9.17, 15) is 4.21 Å². The van der Waals surface area contributed by atoms with Gasteiger partial charge in [-0.15, -0.1) is 0 Å². The molecule has 0 aliphatic carbocycles. The summed E-state index contributed by atoms with van der Waals surface area (Å²) in [5, 5.41) is 3.60. The topological polar surface area (TPSA) is 29.1 Å². The number of rotatable bonds is 2. The fourth-order valence-electron chi connectivity index (χ4n) is 2.56. The van der Waals surface area contributed by atoms with E-state index in [0.29, 0.717) is 12.1 Å². The summed E-state index contributed by atoms with van der Waals surface area (Å²) in [7, 11) is -0.826. The van der Waals surface area contributed by atoms with Gasteiger partial charge in [0.05, 0.1) is 10.8 Å². The van der Waals surface area contributed by atoms with Gasteiger partial charge in [-0.25, -0.2) is 0 Å². The van der Waals surface area contributed by atoms with Gasteiger partial charge in [-0.1, -0.05) is 46.8 Å². The first-order valence-electron chi connectivity index (χ1n) is 7.08. The molecule has 2 unspecified atom stereocenters. The van der Waals surface area contributed by atoms with Crippen LogP contribution in [0.5, 0.6) is 0 Å². The molecular weight excluding hydrogens is 254 g/mol. The lowest BCUT2D eigenvalue weighted by molar-refractivity contribution is 0.454. The Morgan fingerprint density at radius 2 is 2.00 bits per heavy atom. The summed E-state index contributed by atoms with van der Waals surface area (Å²) in [4.78, 5) is 1.03. The number of fused-ring (bicyclic) bond motifs is 1. The summed E-state index contributed by atoms with van der Waals surface area (Å²) in [6.07, 6.45) is 0.964. The fourth-order valence-corrected chi connectivity index (χ4v) is 3.91. The van der Waals surface area contributed by atoms with Gasteiger partial charge in [-0.2, -0.15) is 0 Å². The molecule has 0 aromatic heterocycles. The second-order valence-corrected chi connectivity index (χ2v) is 8.25. The first-order valence-corrected chi connectivity index (χ1v) is 8.40. The molecule has 106 valence electrons. The Bertz CT molecular complexity index is 488. The third kappa shape index (κ3) is 3.26. The maximum Gasteiger partial charge on any atom is 0.0533 e. The molecule has 2 atom stereocenters. The zero-order valence-corrected chi connectivity index (χ0v) is 13.4. The van der Waals surface area contributed by atoms with Crippen LogP contribution in [-0.2, 0) is 16.2 Å². The smallest absolute Gasteiger partial charge is 0.0533 e. The Kier molecular flexibility index (Phi) is 4.17. The Morgan fingerprint density at radius 1 is 1.32 bits per heavy atom.